The maximum Gasteiger partial charge on any atom is 0.118 e. The van der Waals surface area contributed by atoms with Crippen LogP contribution in [0.5, 0.6) is 0 Å². The van der Waals surface area contributed by atoms with Crippen molar-refractivity contribution in [2.75, 3.05) is 0 Å². The third-order valence-electron chi connectivity index (χ3n) is 3.01. The standard InChI is InChI=1S/C12H12N2/c1-8-7-12-13-10-5-3-4-6-11(10)14(12)9(8)2/h3-6H,7H2,1-2H3. The van der Waals surface area contributed by atoms with Gasteiger partial charge < -0.3 is 4.57 Å². The Kier molecular flexibility index (Phi) is 1.38. The predicted octanol–water partition coefficient (Wildman–Crippen LogP) is 2.84. The molecular formula is C12H12N2. The SMILES string of the molecule is CC1=C(C)n2c(nc3ccccc32)C1. The van der Waals surface area contributed by atoms with Crippen molar-refractivity contribution in [2.24, 2.45) is 0 Å². The lowest BCUT2D eigenvalue weighted by atomic mass is 10.2. The van der Waals surface area contributed by atoms with Gasteiger partial charge in [-0.25, -0.2) is 4.98 Å². The van der Waals surface area contributed by atoms with Crippen LogP contribution >= 0.6 is 0 Å². The quantitative estimate of drug-likeness (QED) is 0.615. The van der Waals surface area contributed by atoms with Gasteiger partial charge in [-0.1, -0.05) is 12.1 Å². The smallest absolute Gasteiger partial charge is 0.118 e. The Hall–Kier alpha value is -1.57. The second kappa shape index (κ2) is 2.47. The number of rotatable bonds is 0. The summed E-state index contributed by atoms with van der Waals surface area (Å²) in [6.07, 6.45) is 1.00. The number of para-hydroxylation sites is 2. The van der Waals surface area contributed by atoms with Crippen LogP contribution in [-0.2, 0) is 6.42 Å². The monoisotopic (exact) mass is 184 g/mol. The molecule has 0 amide bonds. The van der Waals surface area contributed by atoms with E-state index in [9.17, 15) is 0 Å². The minimum absolute atomic E-state index is 1.00. The molecule has 2 aromatic rings. The van der Waals surface area contributed by atoms with Crippen LogP contribution in [0, 0.1) is 0 Å². The summed E-state index contributed by atoms with van der Waals surface area (Å²) in [6.45, 7) is 4.35. The van der Waals surface area contributed by atoms with Gasteiger partial charge in [-0.05, 0) is 31.6 Å². The summed E-state index contributed by atoms with van der Waals surface area (Å²) >= 11 is 0. The number of nitrogens with zero attached hydrogens (tertiary/aromatic N) is 2. The molecule has 1 aromatic heterocycles. The molecule has 3 rings (SSSR count). The largest absolute Gasteiger partial charge is 0.300 e. The number of benzene rings is 1. The summed E-state index contributed by atoms with van der Waals surface area (Å²) in [4.78, 5) is 4.62. The van der Waals surface area contributed by atoms with Crippen LogP contribution in [0.15, 0.2) is 29.8 Å². The maximum atomic E-state index is 4.62. The van der Waals surface area contributed by atoms with E-state index in [-0.39, 0.29) is 0 Å². The summed E-state index contributed by atoms with van der Waals surface area (Å²) < 4.78 is 2.27. The molecule has 14 heavy (non-hydrogen) atoms. The van der Waals surface area contributed by atoms with Crippen molar-refractivity contribution in [3.8, 4) is 0 Å². The van der Waals surface area contributed by atoms with Crippen LogP contribution in [0.4, 0.5) is 0 Å². The molecule has 0 radical (unpaired) electrons. The van der Waals surface area contributed by atoms with Crippen LogP contribution in [-0.4, -0.2) is 9.55 Å². The topological polar surface area (TPSA) is 17.8 Å². The third-order valence-corrected chi connectivity index (χ3v) is 3.01. The first-order valence-electron chi connectivity index (χ1n) is 4.90. The molecule has 0 saturated heterocycles. The van der Waals surface area contributed by atoms with E-state index < -0.39 is 0 Å². The number of imidazole rings is 1. The Bertz CT molecular complexity index is 546. The molecule has 0 atom stereocenters. The lowest BCUT2D eigenvalue weighted by Crippen LogP contribution is -1.91. The fourth-order valence-corrected chi connectivity index (χ4v) is 2.12. The van der Waals surface area contributed by atoms with E-state index in [1.165, 1.54) is 22.6 Å². The molecule has 1 aliphatic heterocycles. The van der Waals surface area contributed by atoms with Gasteiger partial charge in [-0.15, -0.1) is 0 Å². The van der Waals surface area contributed by atoms with E-state index in [1.54, 1.807) is 0 Å². The summed E-state index contributed by atoms with van der Waals surface area (Å²) in [5, 5.41) is 0. The number of hydrogen-bond donors (Lipinski definition) is 0. The van der Waals surface area contributed by atoms with Gasteiger partial charge >= 0.3 is 0 Å². The Balaban J connectivity index is 2.43. The Morgan fingerprint density at radius 1 is 1.21 bits per heavy atom. The van der Waals surface area contributed by atoms with Gasteiger partial charge in [0.15, 0.2) is 0 Å². The molecule has 2 heteroatoms. The zero-order valence-electron chi connectivity index (χ0n) is 8.41. The molecule has 0 unspecified atom stereocenters. The molecule has 0 bridgehead atoms. The highest BCUT2D eigenvalue weighted by molar-refractivity contribution is 5.81. The van der Waals surface area contributed by atoms with Crippen molar-refractivity contribution in [3.63, 3.8) is 0 Å². The van der Waals surface area contributed by atoms with E-state index in [0.717, 1.165) is 11.9 Å². The zero-order valence-corrected chi connectivity index (χ0v) is 8.41. The van der Waals surface area contributed by atoms with Gasteiger partial charge in [0.05, 0.1) is 11.0 Å². The number of hydrogen-bond acceptors (Lipinski definition) is 1. The third kappa shape index (κ3) is 0.830. The van der Waals surface area contributed by atoms with E-state index in [0.29, 0.717) is 0 Å². The van der Waals surface area contributed by atoms with Gasteiger partial charge in [0, 0.05) is 12.1 Å². The maximum absolute atomic E-state index is 4.62. The predicted molar refractivity (Wildman–Crippen MR) is 58.0 cm³/mol. The van der Waals surface area contributed by atoms with Gasteiger partial charge in [-0.3, -0.25) is 0 Å². The van der Waals surface area contributed by atoms with E-state index in [1.807, 2.05) is 6.07 Å². The summed E-state index contributed by atoms with van der Waals surface area (Å²) in [7, 11) is 0. The Morgan fingerprint density at radius 3 is 2.86 bits per heavy atom. The first-order chi connectivity index (χ1) is 6.77. The minimum Gasteiger partial charge on any atom is -0.300 e. The molecule has 1 aromatic carbocycles. The van der Waals surface area contributed by atoms with Gasteiger partial charge in [0.1, 0.15) is 5.82 Å². The highest BCUT2D eigenvalue weighted by atomic mass is 15.1. The molecule has 0 aliphatic carbocycles. The summed E-state index contributed by atoms with van der Waals surface area (Å²) in [5.74, 6) is 1.18. The van der Waals surface area contributed by atoms with Crippen LogP contribution in [0.1, 0.15) is 19.7 Å². The van der Waals surface area contributed by atoms with Crippen molar-refractivity contribution in [1.29, 1.82) is 0 Å². The van der Waals surface area contributed by atoms with Crippen LogP contribution in [0.2, 0.25) is 0 Å². The molecule has 0 fully saturated rings. The minimum atomic E-state index is 1.00. The first-order valence-corrected chi connectivity index (χ1v) is 4.90. The van der Waals surface area contributed by atoms with Gasteiger partial charge in [0.2, 0.25) is 0 Å². The molecular weight excluding hydrogens is 172 g/mol. The van der Waals surface area contributed by atoms with Crippen molar-refractivity contribution in [2.45, 2.75) is 20.3 Å². The highest BCUT2D eigenvalue weighted by Gasteiger charge is 2.19. The number of fused-ring (bicyclic) bond motifs is 3. The van der Waals surface area contributed by atoms with Gasteiger partial charge in [0.25, 0.3) is 0 Å². The second-order valence-corrected chi connectivity index (χ2v) is 3.89. The summed E-state index contributed by atoms with van der Waals surface area (Å²) in [5.41, 5.74) is 5.11. The van der Waals surface area contributed by atoms with Crippen LogP contribution in [0.3, 0.4) is 0 Å². The molecule has 0 spiro atoms. The Labute approximate surface area is 82.9 Å². The molecule has 1 aliphatic rings. The van der Waals surface area contributed by atoms with E-state index >= 15 is 0 Å². The fourth-order valence-electron chi connectivity index (χ4n) is 2.12. The van der Waals surface area contributed by atoms with E-state index in [2.05, 4.69) is 41.6 Å². The lowest BCUT2D eigenvalue weighted by molar-refractivity contribution is 1.01. The zero-order chi connectivity index (χ0) is 9.71. The normalized spacial score (nSPS) is 15.3. The average molecular weight is 184 g/mol. The molecule has 0 saturated carbocycles. The van der Waals surface area contributed by atoms with Crippen molar-refractivity contribution in [1.82, 2.24) is 9.55 Å². The molecule has 2 heterocycles. The Morgan fingerprint density at radius 2 is 2.00 bits per heavy atom. The van der Waals surface area contributed by atoms with Crippen LogP contribution in [0.25, 0.3) is 16.7 Å². The van der Waals surface area contributed by atoms with Gasteiger partial charge in [-0.2, -0.15) is 0 Å². The van der Waals surface area contributed by atoms with Crippen molar-refractivity contribution >= 4 is 16.7 Å². The molecule has 0 N–H and O–H groups in total. The lowest BCUT2D eigenvalue weighted by Gasteiger charge is -2.01. The molecule has 2 nitrogen and oxygen atoms in total. The second-order valence-electron chi connectivity index (χ2n) is 3.89. The van der Waals surface area contributed by atoms with E-state index in [4.69, 9.17) is 0 Å². The number of allylic oxidation sites excluding steroid dienone is 2. The average Bonchev–Trinajstić information content (AvgIpc) is 2.65. The highest BCUT2D eigenvalue weighted by Crippen LogP contribution is 2.29. The number of aromatic nitrogens is 2. The van der Waals surface area contributed by atoms with Crippen molar-refractivity contribution < 1.29 is 0 Å². The first kappa shape index (κ1) is 7.80. The molecule has 70 valence electrons. The summed E-state index contributed by atoms with van der Waals surface area (Å²) in [6, 6.07) is 8.31. The fraction of sp³-hybridized carbons (Fsp3) is 0.250. The van der Waals surface area contributed by atoms with Crippen LogP contribution < -0.4 is 0 Å². The van der Waals surface area contributed by atoms with Crippen molar-refractivity contribution in [3.05, 3.63) is 35.7 Å².